The van der Waals surface area contributed by atoms with Crippen molar-refractivity contribution in [3.63, 3.8) is 0 Å². The molecular formula is C28H18ClN3S2. The molecule has 6 heteroatoms. The normalized spacial score (nSPS) is 11.9. The van der Waals surface area contributed by atoms with Gasteiger partial charge in [0.15, 0.2) is 0 Å². The van der Waals surface area contributed by atoms with Crippen LogP contribution in [0.4, 0.5) is 11.4 Å². The third-order valence-corrected chi connectivity index (χ3v) is 7.41. The zero-order valence-electron chi connectivity index (χ0n) is 17.9. The van der Waals surface area contributed by atoms with Crippen molar-refractivity contribution < 1.29 is 0 Å². The summed E-state index contributed by atoms with van der Waals surface area (Å²) < 4.78 is 2.50. The first-order valence-electron chi connectivity index (χ1n) is 10.8. The molecule has 5 aromatic rings. The Morgan fingerprint density at radius 3 is 2.26 bits per heavy atom. The summed E-state index contributed by atoms with van der Waals surface area (Å²) in [4.78, 5) is 7.25. The summed E-state index contributed by atoms with van der Waals surface area (Å²) in [5, 5.41) is 4.26. The van der Waals surface area contributed by atoms with Crippen LogP contribution in [0, 0.1) is 4.77 Å². The van der Waals surface area contributed by atoms with Gasteiger partial charge in [0.1, 0.15) is 0 Å². The highest BCUT2D eigenvalue weighted by Gasteiger charge is 2.17. The van der Waals surface area contributed by atoms with Crippen molar-refractivity contribution in [2.45, 2.75) is 9.79 Å². The Balaban J connectivity index is 1.50. The monoisotopic (exact) mass is 495 g/mol. The summed E-state index contributed by atoms with van der Waals surface area (Å²) >= 11 is 13.8. The molecule has 2 heterocycles. The predicted octanol–water partition coefficient (Wildman–Crippen LogP) is 8.80. The second-order valence-electron chi connectivity index (χ2n) is 7.92. The van der Waals surface area contributed by atoms with E-state index in [0.717, 1.165) is 39.6 Å². The van der Waals surface area contributed by atoms with Gasteiger partial charge in [0.2, 0.25) is 4.77 Å². The molecule has 0 saturated carbocycles. The van der Waals surface area contributed by atoms with Crippen LogP contribution < -0.4 is 5.32 Å². The van der Waals surface area contributed by atoms with Gasteiger partial charge < -0.3 is 5.32 Å². The Bertz CT molecular complexity index is 1580. The van der Waals surface area contributed by atoms with Crippen LogP contribution in [0.1, 0.15) is 0 Å². The zero-order chi connectivity index (χ0) is 23.1. The van der Waals surface area contributed by atoms with Gasteiger partial charge in [-0.15, -0.1) is 0 Å². The summed E-state index contributed by atoms with van der Waals surface area (Å²) in [6.45, 7) is 0. The average molecular weight is 496 g/mol. The van der Waals surface area contributed by atoms with Crippen molar-refractivity contribution >= 4 is 47.0 Å². The Hall–Kier alpha value is -3.38. The van der Waals surface area contributed by atoms with Crippen LogP contribution in [-0.2, 0) is 0 Å². The van der Waals surface area contributed by atoms with Gasteiger partial charge in [0.25, 0.3) is 0 Å². The molecule has 0 bridgehead atoms. The standard InChI is InChI=1S/C28H18ClN3S2/c29-20-13-10-18(11-14-20)25-17-23(31-28(33)32(25)21-6-2-1-3-7-21)19-12-15-27-24(16-19)30-22-8-4-5-9-26(22)34-27/h1-17,30H. The molecule has 1 aliphatic rings. The van der Waals surface area contributed by atoms with Gasteiger partial charge in [-0.25, -0.2) is 4.98 Å². The SMILES string of the molecule is S=c1nc(-c2ccc3c(c2)Nc2ccccc2S3)cc(-c2ccc(Cl)cc2)n1-c1ccccc1. The van der Waals surface area contributed by atoms with Crippen LogP contribution in [0.25, 0.3) is 28.2 Å². The number of aromatic nitrogens is 2. The van der Waals surface area contributed by atoms with E-state index < -0.39 is 0 Å². The summed E-state index contributed by atoms with van der Waals surface area (Å²) in [5.74, 6) is 0. The molecule has 0 unspecified atom stereocenters. The minimum atomic E-state index is 0.499. The van der Waals surface area contributed by atoms with Gasteiger partial charge in [0, 0.05) is 26.1 Å². The summed E-state index contributed by atoms with van der Waals surface area (Å²) in [5.41, 5.74) is 6.97. The lowest BCUT2D eigenvalue weighted by Gasteiger charge is -2.21. The number of para-hydroxylation sites is 2. The molecule has 0 fully saturated rings. The molecule has 0 atom stereocenters. The largest absolute Gasteiger partial charge is 0.354 e. The molecular weight excluding hydrogens is 478 g/mol. The Kier molecular flexibility index (Phi) is 5.46. The molecule has 0 saturated heterocycles. The summed E-state index contributed by atoms with van der Waals surface area (Å²) in [6.07, 6.45) is 0. The van der Waals surface area contributed by atoms with E-state index in [2.05, 4.69) is 47.8 Å². The van der Waals surface area contributed by atoms with Crippen molar-refractivity contribution in [1.82, 2.24) is 9.55 Å². The lowest BCUT2D eigenvalue weighted by Crippen LogP contribution is -2.05. The predicted molar refractivity (Wildman–Crippen MR) is 144 cm³/mol. The van der Waals surface area contributed by atoms with Crippen LogP contribution >= 0.6 is 35.6 Å². The fraction of sp³-hybridized carbons (Fsp3) is 0. The Morgan fingerprint density at radius 1 is 0.735 bits per heavy atom. The van der Waals surface area contributed by atoms with E-state index in [1.807, 2.05) is 65.2 Å². The van der Waals surface area contributed by atoms with Crippen LogP contribution in [0.15, 0.2) is 113 Å². The summed E-state index contributed by atoms with van der Waals surface area (Å²) in [6, 6.07) is 34.7. The van der Waals surface area contributed by atoms with E-state index >= 15 is 0 Å². The number of anilines is 2. The highest BCUT2D eigenvalue weighted by atomic mass is 35.5. The van der Waals surface area contributed by atoms with Crippen LogP contribution in [-0.4, -0.2) is 9.55 Å². The highest BCUT2D eigenvalue weighted by molar-refractivity contribution is 7.99. The molecule has 0 aliphatic carbocycles. The van der Waals surface area contributed by atoms with E-state index in [-0.39, 0.29) is 0 Å². The van der Waals surface area contributed by atoms with Gasteiger partial charge in [0.05, 0.1) is 22.8 Å². The highest BCUT2D eigenvalue weighted by Crippen LogP contribution is 2.45. The number of halogens is 1. The minimum Gasteiger partial charge on any atom is -0.354 e. The maximum Gasteiger partial charge on any atom is 0.205 e. The van der Waals surface area contributed by atoms with Gasteiger partial charge in [-0.05, 0) is 72.4 Å². The first kappa shape index (κ1) is 21.2. The van der Waals surface area contributed by atoms with Crippen LogP contribution in [0.3, 0.4) is 0 Å². The number of nitrogens with zero attached hydrogens (tertiary/aromatic N) is 2. The van der Waals surface area contributed by atoms with Crippen molar-refractivity contribution in [2.24, 2.45) is 0 Å². The fourth-order valence-electron chi connectivity index (χ4n) is 4.09. The number of hydrogen-bond donors (Lipinski definition) is 1. The molecule has 6 rings (SSSR count). The molecule has 0 spiro atoms. The van der Waals surface area contributed by atoms with Crippen LogP contribution in [0.2, 0.25) is 5.02 Å². The molecule has 164 valence electrons. The second kappa shape index (κ2) is 8.76. The molecule has 0 radical (unpaired) electrons. The lowest BCUT2D eigenvalue weighted by atomic mass is 10.1. The van der Waals surface area contributed by atoms with Gasteiger partial charge in [-0.3, -0.25) is 4.57 Å². The van der Waals surface area contributed by atoms with Gasteiger partial charge in [-0.1, -0.05) is 71.9 Å². The van der Waals surface area contributed by atoms with E-state index in [1.165, 1.54) is 9.79 Å². The third-order valence-electron chi connectivity index (χ3n) is 5.73. The van der Waals surface area contributed by atoms with Crippen molar-refractivity contribution in [3.8, 4) is 28.2 Å². The van der Waals surface area contributed by atoms with E-state index in [0.29, 0.717) is 9.79 Å². The topological polar surface area (TPSA) is 29.9 Å². The number of rotatable bonds is 3. The first-order chi connectivity index (χ1) is 16.7. The third kappa shape index (κ3) is 3.92. The molecule has 1 aromatic heterocycles. The quantitative estimate of drug-likeness (QED) is 0.248. The van der Waals surface area contributed by atoms with Gasteiger partial charge >= 0.3 is 0 Å². The molecule has 4 aromatic carbocycles. The number of hydrogen-bond acceptors (Lipinski definition) is 4. The average Bonchev–Trinajstić information content (AvgIpc) is 2.87. The smallest absolute Gasteiger partial charge is 0.205 e. The number of nitrogens with one attached hydrogen (secondary N) is 1. The van der Waals surface area contributed by atoms with Crippen molar-refractivity contribution in [3.05, 3.63) is 113 Å². The number of benzene rings is 4. The first-order valence-corrected chi connectivity index (χ1v) is 12.4. The molecule has 1 N–H and O–H groups in total. The zero-order valence-corrected chi connectivity index (χ0v) is 20.3. The molecule has 0 amide bonds. The maximum absolute atomic E-state index is 6.17. The second-order valence-corrected chi connectivity index (χ2v) is 9.81. The lowest BCUT2D eigenvalue weighted by molar-refractivity contribution is 0.969. The Morgan fingerprint density at radius 2 is 1.44 bits per heavy atom. The van der Waals surface area contributed by atoms with E-state index in [4.69, 9.17) is 28.8 Å². The fourth-order valence-corrected chi connectivity index (χ4v) is 5.49. The van der Waals surface area contributed by atoms with E-state index in [9.17, 15) is 0 Å². The van der Waals surface area contributed by atoms with Crippen LogP contribution in [0.5, 0.6) is 0 Å². The van der Waals surface area contributed by atoms with Crippen molar-refractivity contribution in [1.29, 1.82) is 0 Å². The Labute approximate surface area is 212 Å². The molecule has 34 heavy (non-hydrogen) atoms. The maximum atomic E-state index is 6.17. The molecule has 1 aliphatic heterocycles. The summed E-state index contributed by atoms with van der Waals surface area (Å²) in [7, 11) is 0. The van der Waals surface area contributed by atoms with Gasteiger partial charge in [-0.2, -0.15) is 0 Å². The van der Waals surface area contributed by atoms with E-state index in [1.54, 1.807) is 11.8 Å². The molecule has 3 nitrogen and oxygen atoms in total. The van der Waals surface area contributed by atoms with Crippen molar-refractivity contribution in [2.75, 3.05) is 5.32 Å². The minimum absolute atomic E-state index is 0.499. The number of fused-ring (bicyclic) bond motifs is 2.